The zero-order valence-corrected chi connectivity index (χ0v) is 13.6. The van der Waals surface area contributed by atoms with Crippen LogP contribution in [0.2, 0.25) is 0 Å². The van der Waals surface area contributed by atoms with Crippen molar-refractivity contribution in [1.29, 1.82) is 0 Å². The largest absolute Gasteiger partial charge is 0.484 e. The molecule has 20 heavy (non-hydrogen) atoms. The Hall–Kier alpha value is -1.56. The third-order valence-electron chi connectivity index (χ3n) is 2.69. The molecule has 0 heterocycles. The number of hydrogen-bond donors (Lipinski definition) is 1. The molecular formula is C16H16INO2. The maximum Gasteiger partial charge on any atom is 0.262 e. The third kappa shape index (κ3) is 4.52. The molecule has 0 saturated carbocycles. The highest BCUT2D eigenvalue weighted by Gasteiger charge is 2.04. The average molecular weight is 381 g/mol. The number of aryl methyl sites for hydroxylation is 2. The second-order valence-electron chi connectivity index (χ2n) is 4.67. The molecule has 1 N–H and O–H groups in total. The minimum Gasteiger partial charge on any atom is -0.484 e. The summed E-state index contributed by atoms with van der Waals surface area (Å²) in [7, 11) is 0. The number of benzene rings is 2. The van der Waals surface area contributed by atoms with Crippen molar-refractivity contribution in [3.8, 4) is 5.75 Å². The molecule has 1 amide bonds. The molecule has 0 bridgehead atoms. The Morgan fingerprint density at radius 2 is 1.70 bits per heavy atom. The van der Waals surface area contributed by atoms with Crippen LogP contribution in [0.1, 0.15) is 11.1 Å². The molecule has 2 aromatic carbocycles. The van der Waals surface area contributed by atoms with Crippen LogP contribution in [-0.2, 0) is 4.79 Å². The second kappa shape index (κ2) is 6.74. The fourth-order valence-electron chi connectivity index (χ4n) is 1.90. The normalized spacial score (nSPS) is 10.2. The summed E-state index contributed by atoms with van der Waals surface area (Å²) < 4.78 is 6.64. The van der Waals surface area contributed by atoms with Crippen LogP contribution in [0.3, 0.4) is 0 Å². The summed E-state index contributed by atoms with van der Waals surface area (Å²) in [6.07, 6.45) is 0. The van der Waals surface area contributed by atoms with Gasteiger partial charge in [0.1, 0.15) is 5.75 Å². The molecular weight excluding hydrogens is 365 g/mol. The standard InChI is InChI=1S/C16H16INO2/c1-11-7-12(2)9-15(8-11)20-10-16(19)18-14-5-3-13(17)4-6-14/h3-9H,10H2,1-2H3,(H,18,19). The van der Waals surface area contributed by atoms with Crippen LogP contribution >= 0.6 is 22.6 Å². The van der Waals surface area contributed by atoms with Gasteiger partial charge in [-0.3, -0.25) is 4.79 Å². The Kier molecular flexibility index (Phi) is 5.00. The molecule has 0 radical (unpaired) electrons. The van der Waals surface area contributed by atoms with Crippen LogP contribution in [0.25, 0.3) is 0 Å². The van der Waals surface area contributed by atoms with E-state index in [0.29, 0.717) is 0 Å². The fraction of sp³-hybridized carbons (Fsp3) is 0.188. The van der Waals surface area contributed by atoms with Gasteiger partial charge in [-0.1, -0.05) is 6.07 Å². The van der Waals surface area contributed by atoms with Crippen molar-refractivity contribution in [2.45, 2.75) is 13.8 Å². The van der Waals surface area contributed by atoms with E-state index >= 15 is 0 Å². The van der Waals surface area contributed by atoms with E-state index in [0.717, 1.165) is 26.1 Å². The summed E-state index contributed by atoms with van der Waals surface area (Å²) in [5.74, 6) is 0.561. The van der Waals surface area contributed by atoms with Crippen molar-refractivity contribution < 1.29 is 9.53 Å². The van der Waals surface area contributed by atoms with Crippen LogP contribution in [0.15, 0.2) is 42.5 Å². The molecule has 0 aliphatic carbocycles. The third-order valence-corrected chi connectivity index (χ3v) is 3.41. The first kappa shape index (κ1) is 14.8. The number of halogens is 1. The van der Waals surface area contributed by atoms with E-state index < -0.39 is 0 Å². The highest BCUT2D eigenvalue weighted by Crippen LogP contribution is 2.16. The summed E-state index contributed by atoms with van der Waals surface area (Å²) in [4.78, 5) is 11.8. The maximum absolute atomic E-state index is 11.8. The van der Waals surface area contributed by atoms with Gasteiger partial charge in [0.05, 0.1) is 0 Å². The average Bonchev–Trinajstić information content (AvgIpc) is 2.38. The molecule has 2 aromatic rings. The number of carbonyl (C=O) groups is 1. The number of nitrogens with one attached hydrogen (secondary N) is 1. The molecule has 0 aliphatic rings. The highest BCUT2D eigenvalue weighted by molar-refractivity contribution is 14.1. The lowest BCUT2D eigenvalue weighted by Crippen LogP contribution is -2.20. The Labute approximate surface area is 132 Å². The number of amides is 1. The van der Waals surface area contributed by atoms with Gasteiger partial charge in [0.25, 0.3) is 5.91 Å². The predicted molar refractivity (Wildman–Crippen MR) is 89.2 cm³/mol. The Morgan fingerprint density at radius 3 is 2.30 bits per heavy atom. The van der Waals surface area contributed by atoms with Crippen LogP contribution in [0.4, 0.5) is 5.69 Å². The summed E-state index contributed by atoms with van der Waals surface area (Å²) in [6, 6.07) is 13.5. The van der Waals surface area contributed by atoms with E-state index in [1.165, 1.54) is 0 Å². The quantitative estimate of drug-likeness (QED) is 0.816. The van der Waals surface area contributed by atoms with E-state index in [1.54, 1.807) is 0 Å². The SMILES string of the molecule is Cc1cc(C)cc(OCC(=O)Nc2ccc(I)cc2)c1. The van der Waals surface area contributed by atoms with Crippen LogP contribution in [0.5, 0.6) is 5.75 Å². The molecule has 2 rings (SSSR count). The van der Waals surface area contributed by atoms with Crippen LogP contribution in [-0.4, -0.2) is 12.5 Å². The minimum atomic E-state index is -0.162. The lowest BCUT2D eigenvalue weighted by atomic mass is 10.1. The molecule has 0 spiro atoms. The van der Waals surface area contributed by atoms with E-state index in [4.69, 9.17) is 4.74 Å². The number of anilines is 1. The number of carbonyl (C=O) groups excluding carboxylic acids is 1. The summed E-state index contributed by atoms with van der Waals surface area (Å²) in [5, 5.41) is 2.80. The molecule has 3 nitrogen and oxygen atoms in total. The summed E-state index contributed by atoms with van der Waals surface area (Å²) in [5.41, 5.74) is 3.02. The van der Waals surface area contributed by atoms with Gasteiger partial charge in [-0.2, -0.15) is 0 Å². The lowest BCUT2D eigenvalue weighted by molar-refractivity contribution is -0.118. The number of hydrogen-bond acceptors (Lipinski definition) is 2. The highest BCUT2D eigenvalue weighted by atomic mass is 127. The van der Waals surface area contributed by atoms with Gasteiger partial charge in [0.15, 0.2) is 6.61 Å². The van der Waals surface area contributed by atoms with Crippen LogP contribution < -0.4 is 10.1 Å². The first-order valence-electron chi connectivity index (χ1n) is 6.29. The summed E-state index contributed by atoms with van der Waals surface area (Å²) in [6.45, 7) is 4.02. The zero-order valence-electron chi connectivity index (χ0n) is 11.4. The number of rotatable bonds is 4. The first-order valence-corrected chi connectivity index (χ1v) is 7.37. The molecule has 4 heteroatoms. The topological polar surface area (TPSA) is 38.3 Å². The van der Waals surface area contributed by atoms with E-state index in [2.05, 4.69) is 34.0 Å². The number of ether oxygens (including phenoxy) is 1. The predicted octanol–water partition coefficient (Wildman–Crippen LogP) is 3.93. The van der Waals surface area contributed by atoms with Gasteiger partial charge in [-0.05, 0) is 84.0 Å². The van der Waals surface area contributed by atoms with Crippen molar-refractivity contribution in [1.82, 2.24) is 0 Å². The second-order valence-corrected chi connectivity index (χ2v) is 5.91. The maximum atomic E-state index is 11.8. The van der Waals surface area contributed by atoms with Crippen molar-refractivity contribution in [2.24, 2.45) is 0 Å². The van der Waals surface area contributed by atoms with Gasteiger partial charge < -0.3 is 10.1 Å². The monoisotopic (exact) mass is 381 g/mol. The van der Waals surface area contributed by atoms with Gasteiger partial charge in [-0.15, -0.1) is 0 Å². The molecule has 0 unspecified atom stereocenters. The fourth-order valence-corrected chi connectivity index (χ4v) is 2.25. The smallest absolute Gasteiger partial charge is 0.262 e. The Balaban J connectivity index is 1.90. The van der Waals surface area contributed by atoms with E-state index in [-0.39, 0.29) is 12.5 Å². The lowest BCUT2D eigenvalue weighted by Gasteiger charge is -2.09. The first-order chi connectivity index (χ1) is 9.52. The van der Waals surface area contributed by atoms with Crippen LogP contribution in [0, 0.1) is 17.4 Å². The van der Waals surface area contributed by atoms with Gasteiger partial charge in [0, 0.05) is 9.26 Å². The molecule has 0 aromatic heterocycles. The zero-order chi connectivity index (χ0) is 14.5. The molecule has 0 aliphatic heterocycles. The van der Waals surface area contributed by atoms with Crippen molar-refractivity contribution in [3.05, 3.63) is 57.2 Å². The van der Waals surface area contributed by atoms with Gasteiger partial charge >= 0.3 is 0 Å². The van der Waals surface area contributed by atoms with E-state index in [1.807, 2.05) is 50.2 Å². The minimum absolute atomic E-state index is 0.00881. The van der Waals surface area contributed by atoms with Crippen molar-refractivity contribution in [2.75, 3.05) is 11.9 Å². The summed E-state index contributed by atoms with van der Waals surface area (Å²) >= 11 is 2.22. The van der Waals surface area contributed by atoms with Crippen molar-refractivity contribution in [3.63, 3.8) is 0 Å². The Bertz CT molecular complexity index is 588. The van der Waals surface area contributed by atoms with Crippen molar-refractivity contribution >= 4 is 34.2 Å². The van der Waals surface area contributed by atoms with Gasteiger partial charge in [0.2, 0.25) is 0 Å². The molecule has 0 fully saturated rings. The molecule has 0 atom stereocenters. The van der Waals surface area contributed by atoms with E-state index in [9.17, 15) is 4.79 Å². The van der Waals surface area contributed by atoms with Gasteiger partial charge in [-0.25, -0.2) is 0 Å². The molecule has 104 valence electrons. The Morgan fingerprint density at radius 1 is 1.10 bits per heavy atom. The molecule has 0 saturated heterocycles.